The molecule has 0 spiro atoms. The Hall–Kier alpha value is -1.81. The largest absolute Gasteiger partial charge is 0.497 e. The van der Waals surface area contributed by atoms with Gasteiger partial charge >= 0.3 is 0 Å². The molecule has 0 amide bonds. The lowest BCUT2D eigenvalue weighted by Gasteiger charge is -2.24. The van der Waals surface area contributed by atoms with Gasteiger partial charge in [0.15, 0.2) is 0 Å². The Kier molecular flexibility index (Phi) is 3.90. The quantitative estimate of drug-likeness (QED) is 0.897. The van der Waals surface area contributed by atoms with Crippen LogP contribution in [0, 0.1) is 0 Å². The number of benzene rings is 1. The van der Waals surface area contributed by atoms with Crippen LogP contribution in [0.25, 0.3) is 0 Å². The van der Waals surface area contributed by atoms with E-state index in [2.05, 4.69) is 11.9 Å². The van der Waals surface area contributed by atoms with Crippen molar-refractivity contribution >= 4 is 0 Å². The summed E-state index contributed by atoms with van der Waals surface area (Å²) in [5, 5.41) is 10.6. The summed E-state index contributed by atoms with van der Waals surface area (Å²) in [6.45, 7) is 4.73. The van der Waals surface area contributed by atoms with Gasteiger partial charge < -0.3 is 14.4 Å². The predicted octanol–water partition coefficient (Wildman–Crippen LogP) is 2.36. The zero-order valence-corrected chi connectivity index (χ0v) is 11.6. The first-order valence-corrected chi connectivity index (χ1v) is 6.43. The fourth-order valence-corrected chi connectivity index (χ4v) is 2.16. The van der Waals surface area contributed by atoms with Crippen LogP contribution in [0.2, 0.25) is 0 Å². The van der Waals surface area contributed by atoms with E-state index in [4.69, 9.17) is 4.74 Å². The number of nitrogens with zero attached hydrogens (tertiary/aromatic N) is 2. The number of hydrogen-bond donors (Lipinski definition) is 1. The number of aromatic nitrogens is 2. The molecule has 0 aliphatic rings. The molecule has 0 aliphatic heterocycles. The van der Waals surface area contributed by atoms with E-state index in [0.717, 1.165) is 23.7 Å². The van der Waals surface area contributed by atoms with Crippen LogP contribution >= 0.6 is 0 Å². The first kappa shape index (κ1) is 13.6. The predicted molar refractivity (Wildman–Crippen MR) is 74.2 cm³/mol. The monoisotopic (exact) mass is 260 g/mol. The first-order chi connectivity index (χ1) is 9.06. The molecule has 102 valence electrons. The second kappa shape index (κ2) is 5.45. The molecule has 2 aromatic rings. The third-order valence-electron chi connectivity index (χ3n) is 3.36. The second-order valence-electron chi connectivity index (χ2n) is 4.81. The molecule has 1 heterocycles. The highest BCUT2D eigenvalue weighted by atomic mass is 16.5. The lowest BCUT2D eigenvalue weighted by Crippen LogP contribution is -2.26. The van der Waals surface area contributed by atoms with Crippen molar-refractivity contribution < 1.29 is 9.84 Å². The molecular formula is C15H20N2O2. The van der Waals surface area contributed by atoms with Gasteiger partial charge in [-0.1, -0.05) is 12.1 Å². The highest BCUT2D eigenvalue weighted by molar-refractivity contribution is 5.31. The summed E-state index contributed by atoms with van der Waals surface area (Å²) in [5.74, 6) is 1.68. The van der Waals surface area contributed by atoms with Crippen molar-refractivity contribution in [3.05, 3.63) is 48.0 Å². The van der Waals surface area contributed by atoms with Gasteiger partial charge in [-0.15, -0.1) is 0 Å². The van der Waals surface area contributed by atoms with Crippen molar-refractivity contribution in [1.82, 2.24) is 9.55 Å². The van der Waals surface area contributed by atoms with E-state index in [-0.39, 0.29) is 0 Å². The molecule has 2 rings (SSSR count). The number of rotatable bonds is 5. The second-order valence-corrected chi connectivity index (χ2v) is 4.81. The minimum Gasteiger partial charge on any atom is -0.497 e. The van der Waals surface area contributed by atoms with E-state index in [0.29, 0.717) is 6.42 Å². The molecule has 0 fully saturated rings. The maximum absolute atomic E-state index is 10.6. The Morgan fingerprint density at radius 1 is 1.32 bits per heavy atom. The van der Waals surface area contributed by atoms with Gasteiger partial charge in [0.25, 0.3) is 0 Å². The van der Waals surface area contributed by atoms with Crippen molar-refractivity contribution in [2.75, 3.05) is 7.11 Å². The molecule has 19 heavy (non-hydrogen) atoms. The summed E-state index contributed by atoms with van der Waals surface area (Å²) in [6.07, 6.45) is 4.18. The molecular weight excluding hydrogens is 240 g/mol. The van der Waals surface area contributed by atoms with Crippen molar-refractivity contribution in [3.63, 3.8) is 0 Å². The molecule has 0 saturated heterocycles. The summed E-state index contributed by atoms with van der Waals surface area (Å²) < 4.78 is 7.17. The average Bonchev–Trinajstić information content (AvgIpc) is 2.85. The van der Waals surface area contributed by atoms with Crippen molar-refractivity contribution in [2.24, 2.45) is 0 Å². The van der Waals surface area contributed by atoms with Gasteiger partial charge in [0.1, 0.15) is 11.6 Å². The summed E-state index contributed by atoms with van der Waals surface area (Å²) in [6, 6.07) is 7.49. The Bertz CT molecular complexity index is 529. The standard InChI is InChI=1S/C15H20N2O2/c1-4-17-10-9-16-14(17)11-15(2,18)12-5-7-13(19-3)8-6-12/h5-10,18H,4,11H2,1-3H3. The van der Waals surface area contributed by atoms with Gasteiger partial charge in [-0.05, 0) is 31.5 Å². The van der Waals surface area contributed by atoms with Crippen LogP contribution < -0.4 is 4.74 Å². The highest BCUT2D eigenvalue weighted by Crippen LogP contribution is 2.26. The third kappa shape index (κ3) is 2.96. The van der Waals surface area contributed by atoms with Crippen LogP contribution in [0.3, 0.4) is 0 Å². The topological polar surface area (TPSA) is 47.3 Å². The molecule has 4 nitrogen and oxygen atoms in total. The van der Waals surface area contributed by atoms with E-state index >= 15 is 0 Å². The smallest absolute Gasteiger partial charge is 0.118 e. The van der Waals surface area contributed by atoms with Gasteiger partial charge in [0.05, 0.1) is 12.7 Å². The zero-order chi connectivity index (χ0) is 13.9. The van der Waals surface area contributed by atoms with Crippen molar-refractivity contribution in [1.29, 1.82) is 0 Å². The van der Waals surface area contributed by atoms with Crippen molar-refractivity contribution in [2.45, 2.75) is 32.4 Å². The molecule has 4 heteroatoms. The van der Waals surface area contributed by atoms with E-state index in [1.807, 2.05) is 42.0 Å². The van der Waals surface area contributed by atoms with Gasteiger partial charge in [0.2, 0.25) is 0 Å². The van der Waals surface area contributed by atoms with Gasteiger partial charge in [-0.2, -0.15) is 0 Å². The summed E-state index contributed by atoms with van der Waals surface area (Å²) in [7, 11) is 1.63. The van der Waals surface area contributed by atoms with Crippen LogP contribution in [0.5, 0.6) is 5.75 Å². The minimum absolute atomic E-state index is 0.486. The molecule has 0 bridgehead atoms. The minimum atomic E-state index is -0.940. The Morgan fingerprint density at radius 3 is 2.58 bits per heavy atom. The molecule has 1 N–H and O–H groups in total. The third-order valence-corrected chi connectivity index (χ3v) is 3.36. The van der Waals surface area contributed by atoms with Crippen LogP contribution in [0.1, 0.15) is 25.2 Å². The first-order valence-electron chi connectivity index (χ1n) is 6.43. The zero-order valence-electron chi connectivity index (χ0n) is 11.6. The normalized spacial score (nSPS) is 14.1. The number of aliphatic hydroxyl groups is 1. The lowest BCUT2D eigenvalue weighted by atomic mass is 9.92. The summed E-state index contributed by atoms with van der Waals surface area (Å²) >= 11 is 0. The lowest BCUT2D eigenvalue weighted by molar-refractivity contribution is 0.0545. The summed E-state index contributed by atoms with van der Waals surface area (Å²) in [4.78, 5) is 4.31. The number of methoxy groups -OCH3 is 1. The molecule has 1 unspecified atom stereocenters. The number of imidazole rings is 1. The highest BCUT2D eigenvalue weighted by Gasteiger charge is 2.25. The Morgan fingerprint density at radius 2 is 2.00 bits per heavy atom. The molecule has 0 radical (unpaired) electrons. The van der Waals surface area contributed by atoms with Crippen LogP contribution in [0.4, 0.5) is 0 Å². The van der Waals surface area contributed by atoms with E-state index in [1.165, 1.54) is 0 Å². The van der Waals surface area contributed by atoms with Crippen LogP contribution in [0.15, 0.2) is 36.7 Å². The molecule has 1 atom stereocenters. The SMILES string of the molecule is CCn1ccnc1CC(C)(O)c1ccc(OC)cc1. The number of ether oxygens (including phenoxy) is 1. The number of aryl methyl sites for hydroxylation is 1. The maximum atomic E-state index is 10.6. The summed E-state index contributed by atoms with van der Waals surface area (Å²) in [5.41, 5.74) is -0.0798. The van der Waals surface area contributed by atoms with Gasteiger partial charge in [0, 0.05) is 25.4 Å². The Labute approximate surface area is 113 Å². The van der Waals surface area contributed by atoms with E-state index in [1.54, 1.807) is 13.3 Å². The fraction of sp³-hybridized carbons (Fsp3) is 0.400. The Balaban J connectivity index is 2.21. The molecule has 0 saturated carbocycles. The van der Waals surface area contributed by atoms with Gasteiger partial charge in [-0.25, -0.2) is 4.98 Å². The molecule has 1 aromatic heterocycles. The molecule has 1 aromatic carbocycles. The van der Waals surface area contributed by atoms with Crippen LogP contribution in [-0.2, 0) is 18.6 Å². The number of hydrogen-bond acceptors (Lipinski definition) is 3. The average molecular weight is 260 g/mol. The van der Waals surface area contributed by atoms with Gasteiger partial charge in [-0.3, -0.25) is 0 Å². The van der Waals surface area contributed by atoms with Crippen LogP contribution in [-0.4, -0.2) is 21.8 Å². The molecule has 0 aliphatic carbocycles. The van der Waals surface area contributed by atoms with Crippen molar-refractivity contribution in [3.8, 4) is 5.75 Å². The van der Waals surface area contributed by atoms with E-state index < -0.39 is 5.60 Å². The fourth-order valence-electron chi connectivity index (χ4n) is 2.16. The maximum Gasteiger partial charge on any atom is 0.118 e. The van der Waals surface area contributed by atoms with E-state index in [9.17, 15) is 5.11 Å².